The van der Waals surface area contributed by atoms with Gasteiger partial charge in [0.15, 0.2) is 5.69 Å². The largest absolute Gasteiger partial charge is 0.363 e. The number of nitrogens with one attached hydrogen (secondary N) is 1. The molecule has 3 N–H and O–H groups in total. The van der Waals surface area contributed by atoms with E-state index in [4.69, 9.17) is 10.3 Å². The minimum Gasteiger partial charge on any atom is -0.363 e. The summed E-state index contributed by atoms with van der Waals surface area (Å²) in [4.78, 5) is 40.2. The Bertz CT molecular complexity index is 956. The lowest BCUT2D eigenvalue weighted by atomic mass is 10.0. The maximum atomic E-state index is 12.6. The van der Waals surface area contributed by atoms with Gasteiger partial charge in [0.1, 0.15) is 6.04 Å². The molecule has 9 heteroatoms. The first-order valence-corrected chi connectivity index (χ1v) is 7.98. The molecule has 3 rings (SSSR count). The Morgan fingerprint density at radius 1 is 1.07 bits per heavy atom. The molecule has 1 unspecified atom stereocenters. The lowest BCUT2D eigenvalue weighted by Crippen LogP contribution is -2.47. The number of benzene rings is 1. The summed E-state index contributed by atoms with van der Waals surface area (Å²) in [6, 6.07) is 12.8. The predicted octanol–water partition coefficient (Wildman–Crippen LogP) is 0.527. The lowest BCUT2D eigenvalue weighted by molar-refractivity contribution is -0.137. The van der Waals surface area contributed by atoms with Crippen molar-refractivity contribution in [2.45, 2.75) is 12.5 Å². The van der Waals surface area contributed by atoms with E-state index in [2.05, 4.69) is 20.7 Å². The summed E-state index contributed by atoms with van der Waals surface area (Å²) in [5, 5.41) is 9.62. The van der Waals surface area contributed by atoms with Crippen LogP contribution in [0.25, 0.3) is 11.4 Å². The maximum Gasteiger partial charge on any atom is 0.292 e. The predicted molar refractivity (Wildman–Crippen MR) is 93.1 cm³/mol. The van der Waals surface area contributed by atoms with E-state index < -0.39 is 23.6 Å². The van der Waals surface area contributed by atoms with Crippen LogP contribution in [0.15, 0.2) is 59.3 Å². The molecule has 0 aliphatic rings. The van der Waals surface area contributed by atoms with Crippen LogP contribution in [0.5, 0.6) is 0 Å². The molecule has 1 atom stereocenters. The molecule has 0 aliphatic heterocycles. The van der Waals surface area contributed by atoms with Crippen molar-refractivity contribution < 1.29 is 18.9 Å². The Kier molecular flexibility index (Phi) is 5.31. The molecule has 3 aromatic rings. The molecule has 0 saturated carbocycles. The standard InChI is InChI=1S/C18H15N5O4/c19-17(25)15(24)13(10-11-6-2-1-3-7-11)21-18(26)16-14(22-23-27-16)12-8-4-5-9-20-12/h1-9,13H,10H2,(H2,19,25)(H,21,26). The Labute approximate surface area is 153 Å². The monoisotopic (exact) mass is 365 g/mol. The van der Waals surface area contributed by atoms with Crippen LogP contribution in [-0.4, -0.2) is 39.0 Å². The maximum absolute atomic E-state index is 12.6. The number of hydrogen-bond donors (Lipinski definition) is 2. The smallest absolute Gasteiger partial charge is 0.292 e. The Morgan fingerprint density at radius 2 is 1.81 bits per heavy atom. The third kappa shape index (κ3) is 4.21. The van der Waals surface area contributed by atoms with E-state index in [0.717, 1.165) is 5.56 Å². The minimum atomic E-state index is -1.15. The quantitative estimate of drug-likeness (QED) is 0.582. The average Bonchev–Trinajstić information content (AvgIpc) is 3.18. The third-order valence-corrected chi connectivity index (χ3v) is 3.75. The molecule has 1 aromatic carbocycles. The molecular weight excluding hydrogens is 350 g/mol. The number of ketones is 1. The highest BCUT2D eigenvalue weighted by molar-refractivity contribution is 6.38. The van der Waals surface area contributed by atoms with Gasteiger partial charge in [-0.3, -0.25) is 19.4 Å². The molecular formula is C18H15N5O4. The molecule has 0 saturated heterocycles. The second-order valence-corrected chi connectivity index (χ2v) is 5.61. The van der Waals surface area contributed by atoms with E-state index >= 15 is 0 Å². The van der Waals surface area contributed by atoms with E-state index in [0.29, 0.717) is 5.69 Å². The van der Waals surface area contributed by atoms with Crippen molar-refractivity contribution in [1.82, 2.24) is 20.7 Å². The van der Waals surface area contributed by atoms with Gasteiger partial charge in [-0.1, -0.05) is 36.4 Å². The fourth-order valence-corrected chi connectivity index (χ4v) is 2.46. The zero-order chi connectivity index (χ0) is 19.2. The second kappa shape index (κ2) is 8.00. The third-order valence-electron chi connectivity index (χ3n) is 3.75. The van der Waals surface area contributed by atoms with Crippen molar-refractivity contribution in [3.05, 3.63) is 66.1 Å². The topological polar surface area (TPSA) is 141 Å². The number of nitrogens with zero attached hydrogens (tertiary/aromatic N) is 3. The zero-order valence-corrected chi connectivity index (χ0v) is 14.0. The van der Waals surface area contributed by atoms with Crippen LogP contribution in [0.1, 0.15) is 16.1 Å². The molecule has 9 nitrogen and oxygen atoms in total. The van der Waals surface area contributed by atoms with Gasteiger partial charge in [-0.05, 0) is 17.7 Å². The first-order valence-electron chi connectivity index (χ1n) is 7.98. The highest BCUT2D eigenvalue weighted by Crippen LogP contribution is 2.18. The molecule has 2 heterocycles. The van der Waals surface area contributed by atoms with Crippen molar-refractivity contribution >= 4 is 17.6 Å². The second-order valence-electron chi connectivity index (χ2n) is 5.61. The normalized spacial score (nSPS) is 11.6. The summed E-state index contributed by atoms with van der Waals surface area (Å²) in [5.41, 5.74) is 6.36. The van der Waals surface area contributed by atoms with Gasteiger partial charge in [-0.15, -0.1) is 5.10 Å². The fourth-order valence-electron chi connectivity index (χ4n) is 2.46. The number of carbonyl (C=O) groups is 3. The van der Waals surface area contributed by atoms with Gasteiger partial charge in [0.25, 0.3) is 17.6 Å². The number of nitrogens with two attached hydrogens (primary N) is 1. The van der Waals surface area contributed by atoms with Crippen molar-refractivity contribution in [3.63, 3.8) is 0 Å². The van der Waals surface area contributed by atoms with Crippen LogP contribution in [0.2, 0.25) is 0 Å². The fraction of sp³-hybridized carbons (Fsp3) is 0.111. The Morgan fingerprint density at radius 3 is 2.48 bits per heavy atom. The summed E-state index contributed by atoms with van der Waals surface area (Å²) in [7, 11) is 0. The van der Waals surface area contributed by atoms with Crippen molar-refractivity contribution in [2.24, 2.45) is 5.73 Å². The number of aromatic nitrogens is 3. The van der Waals surface area contributed by atoms with Crippen LogP contribution in [0.4, 0.5) is 0 Å². The van der Waals surface area contributed by atoms with Crippen molar-refractivity contribution in [3.8, 4) is 11.4 Å². The molecule has 0 spiro atoms. The van der Waals surface area contributed by atoms with Gasteiger partial charge in [0.05, 0.1) is 5.69 Å². The van der Waals surface area contributed by atoms with Gasteiger partial charge in [0.2, 0.25) is 5.78 Å². The van der Waals surface area contributed by atoms with E-state index in [1.54, 1.807) is 42.5 Å². The van der Waals surface area contributed by atoms with Crippen molar-refractivity contribution in [2.75, 3.05) is 0 Å². The summed E-state index contributed by atoms with van der Waals surface area (Å²) < 4.78 is 4.93. The van der Waals surface area contributed by atoms with Crippen LogP contribution in [0, 0.1) is 0 Å². The lowest BCUT2D eigenvalue weighted by Gasteiger charge is -2.15. The molecule has 2 aromatic heterocycles. The molecule has 136 valence electrons. The number of hydrogen-bond acceptors (Lipinski definition) is 7. The van der Waals surface area contributed by atoms with Crippen molar-refractivity contribution in [1.29, 1.82) is 0 Å². The summed E-state index contributed by atoms with van der Waals surface area (Å²) in [6.07, 6.45) is 1.62. The summed E-state index contributed by atoms with van der Waals surface area (Å²) in [5.74, 6) is -3.03. The zero-order valence-electron chi connectivity index (χ0n) is 14.0. The number of primary amides is 1. The average molecular weight is 365 g/mol. The Hall–Kier alpha value is -3.88. The first kappa shape index (κ1) is 17.9. The van der Waals surface area contributed by atoms with E-state index in [1.165, 1.54) is 6.20 Å². The molecule has 0 radical (unpaired) electrons. The number of carbonyl (C=O) groups excluding carboxylic acids is 3. The van der Waals surface area contributed by atoms with Gasteiger partial charge in [-0.2, -0.15) is 0 Å². The van der Waals surface area contributed by atoms with E-state index in [9.17, 15) is 14.4 Å². The number of rotatable bonds is 7. The van der Waals surface area contributed by atoms with Crippen LogP contribution < -0.4 is 11.1 Å². The molecule has 0 bridgehead atoms. The van der Waals surface area contributed by atoms with Gasteiger partial charge in [0, 0.05) is 17.9 Å². The Balaban J connectivity index is 1.84. The number of pyridine rings is 1. The molecule has 0 fully saturated rings. The van der Waals surface area contributed by atoms with Gasteiger partial charge >= 0.3 is 0 Å². The number of Topliss-reactive ketones (excluding diaryl/α,β-unsaturated/α-hetero) is 1. The first-order chi connectivity index (χ1) is 13.1. The SMILES string of the molecule is NC(=O)C(=O)C(Cc1ccccc1)NC(=O)c1onnc1-c1ccccn1. The summed E-state index contributed by atoms with van der Waals surface area (Å²) >= 11 is 0. The van der Waals surface area contributed by atoms with Crippen LogP contribution in [0.3, 0.4) is 0 Å². The molecule has 0 aliphatic carbocycles. The minimum absolute atomic E-state index is 0.0921. The number of amides is 2. The van der Waals surface area contributed by atoms with E-state index in [1.807, 2.05) is 6.07 Å². The van der Waals surface area contributed by atoms with Gasteiger partial charge in [-0.25, -0.2) is 0 Å². The van der Waals surface area contributed by atoms with Crippen LogP contribution >= 0.6 is 0 Å². The van der Waals surface area contributed by atoms with Crippen LogP contribution in [-0.2, 0) is 16.0 Å². The highest BCUT2D eigenvalue weighted by atomic mass is 16.5. The highest BCUT2D eigenvalue weighted by Gasteiger charge is 2.29. The molecule has 2 amide bonds. The molecule has 27 heavy (non-hydrogen) atoms. The van der Waals surface area contributed by atoms with E-state index in [-0.39, 0.29) is 17.9 Å². The summed E-state index contributed by atoms with van der Waals surface area (Å²) in [6.45, 7) is 0. The van der Waals surface area contributed by atoms with Gasteiger partial charge < -0.3 is 15.6 Å².